The zero-order valence-corrected chi connectivity index (χ0v) is 21.1. The first-order chi connectivity index (χ1) is 16.1. The van der Waals surface area contributed by atoms with E-state index < -0.39 is 15.7 Å². The largest absolute Gasteiger partial charge is 0.497 e. The number of methoxy groups -OCH3 is 1. The highest BCUT2D eigenvalue weighted by molar-refractivity contribution is 7.93. The van der Waals surface area contributed by atoms with Gasteiger partial charge in [0, 0.05) is 23.1 Å². The molecule has 1 amide bonds. The molecule has 2 aromatic heterocycles. The number of sulfone groups is 1. The molecule has 11 heteroatoms. The Bertz CT molecular complexity index is 1390. The van der Waals surface area contributed by atoms with E-state index in [9.17, 15) is 18.5 Å². The minimum Gasteiger partial charge on any atom is -0.497 e. The molecule has 0 spiro atoms. The molecule has 0 saturated carbocycles. The molecule has 0 radical (unpaired) electrons. The number of carbonyl (C=O) groups excluding carboxylic acids is 1. The zero-order chi connectivity index (χ0) is 25.0. The molecule has 0 aliphatic carbocycles. The van der Waals surface area contributed by atoms with Crippen molar-refractivity contribution < 1.29 is 17.9 Å². The van der Waals surface area contributed by atoms with E-state index in [0.29, 0.717) is 11.3 Å². The number of nitrogens with one attached hydrogen (secondary N) is 1. The van der Waals surface area contributed by atoms with Gasteiger partial charge in [-0.2, -0.15) is 5.26 Å². The predicted octanol–water partition coefficient (Wildman–Crippen LogP) is 3.93. The van der Waals surface area contributed by atoms with E-state index in [2.05, 4.69) is 15.5 Å². The summed E-state index contributed by atoms with van der Waals surface area (Å²) >= 11 is 0.760. The van der Waals surface area contributed by atoms with E-state index in [1.54, 1.807) is 21.0 Å². The number of benzene rings is 1. The van der Waals surface area contributed by atoms with Gasteiger partial charge < -0.3 is 9.30 Å². The average molecular weight is 500 g/mol. The zero-order valence-electron chi connectivity index (χ0n) is 19.5. The molecule has 178 valence electrons. The SMILES string of the molecule is COc1cccc(-n2c(C)cc(C=C(C#N)C(=O)Nc3nnc(S(=O)(=O)CC(C)C)s3)c2C)c1. The van der Waals surface area contributed by atoms with Gasteiger partial charge in [0.2, 0.25) is 19.3 Å². The van der Waals surface area contributed by atoms with Crippen molar-refractivity contribution in [1.82, 2.24) is 14.8 Å². The van der Waals surface area contributed by atoms with Crippen molar-refractivity contribution in [2.45, 2.75) is 32.0 Å². The van der Waals surface area contributed by atoms with Crippen LogP contribution in [0.4, 0.5) is 5.13 Å². The fourth-order valence-electron chi connectivity index (χ4n) is 3.45. The summed E-state index contributed by atoms with van der Waals surface area (Å²) in [5.74, 6) is -0.123. The third-order valence-electron chi connectivity index (χ3n) is 4.89. The van der Waals surface area contributed by atoms with Crippen LogP contribution in [0.15, 0.2) is 40.2 Å². The van der Waals surface area contributed by atoms with Crippen molar-refractivity contribution in [2.24, 2.45) is 5.92 Å². The first kappa shape index (κ1) is 25.1. The lowest BCUT2D eigenvalue weighted by atomic mass is 10.1. The Morgan fingerprint density at radius 1 is 1.29 bits per heavy atom. The number of aryl methyl sites for hydroxylation is 1. The monoisotopic (exact) mass is 499 g/mol. The standard InChI is InChI=1S/C23H25N5O4S2/c1-14(2)13-34(30,31)23-27-26-22(33-23)25-21(29)18(12-24)10-17-9-15(3)28(16(17)4)19-7-6-8-20(11-19)32-5/h6-11,14H,13H2,1-5H3,(H,25,26,29). The fraction of sp³-hybridized carbons (Fsp3) is 0.304. The van der Waals surface area contributed by atoms with Crippen LogP contribution in [0.1, 0.15) is 30.8 Å². The third kappa shape index (κ3) is 5.52. The first-order valence-corrected chi connectivity index (χ1v) is 12.9. The van der Waals surface area contributed by atoms with Gasteiger partial charge in [-0.15, -0.1) is 10.2 Å². The van der Waals surface area contributed by atoms with Crippen LogP contribution >= 0.6 is 11.3 Å². The van der Waals surface area contributed by atoms with E-state index in [1.807, 2.05) is 54.8 Å². The summed E-state index contributed by atoms with van der Waals surface area (Å²) in [6.45, 7) is 7.39. The fourth-order valence-corrected chi connectivity index (χ4v) is 6.05. The number of carbonyl (C=O) groups is 1. The molecule has 3 aromatic rings. The summed E-state index contributed by atoms with van der Waals surface area (Å²) in [6.07, 6.45) is 1.49. The number of rotatable bonds is 8. The Balaban J connectivity index is 1.86. The molecular weight excluding hydrogens is 474 g/mol. The number of nitriles is 1. The number of nitrogens with zero attached hydrogens (tertiary/aromatic N) is 4. The van der Waals surface area contributed by atoms with Crippen molar-refractivity contribution >= 4 is 38.3 Å². The highest BCUT2D eigenvalue weighted by Crippen LogP contribution is 2.26. The number of amides is 1. The molecule has 3 rings (SSSR count). The molecule has 0 aliphatic heterocycles. The van der Waals surface area contributed by atoms with Crippen molar-refractivity contribution in [3.05, 3.63) is 52.9 Å². The van der Waals surface area contributed by atoms with Crippen LogP contribution in [0.5, 0.6) is 5.75 Å². The van der Waals surface area contributed by atoms with Crippen LogP contribution in [-0.2, 0) is 14.6 Å². The lowest BCUT2D eigenvalue weighted by Gasteiger charge is -2.11. The Hall–Kier alpha value is -3.49. The van der Waals surface area contributed by atoms with Crippen LogP contribution < -0.4 is 10.1 Å². The van der Waals surface area contributed by atoms with Crippen molar-refractivity contribution in [3.63, 3.8) is 0 Å². The lowest BCUT2D eigenvalue weighted by molar-refractivity contribution is -0.112. The van der Waals surface area contributed by atoms with E-state index in [-0.39, 0.29) is 26.7 Å². The Labute approximate surface area is 202 Å². The normalized spacial score (nSPS) is 12.0. The molecule has 1 aromatic carbocycles. The van der Waals surface area contributed by atoms with Gasteiger partial charge in [0.1, 0.15) is 17.4 Å². The van der Waals surface area contributed by atoms with Crippen LogP contribution in [0.2, 0.25) is 0 Å². The highest BCUT2D eigenvalue weighted by Gasteiger charge is 2.23. The third-order valence-corrected chi connectivity index (χ3v) is 8.26. The van der Waals surface area contributed by atoms with Gasteiger partial charge in [-0.3, -0.25) is 10.1 Å². The number of hydrogen-bond acceptors (Lipinski definition) is 8. The number of anilines is 1. The molecule has 0 aliphatic rings. The molecule has 0 unspecified atom stereocenters. The maximum absolute atomic E-state index is 12.7. The molecule has 34 heavy (non-hydrogen) atoms. The van der Waals surface area contributed by atoms with Crippen LogP contribution in [0, 0.1) is 31.1 Å². The summed E-state index contributed by atoms with van der Waals surface area (Å²) in [6, 6.07) is 11.3. The van der Waals surface area contributed by atoms with Gasteiger partial charge in [-0.05, 0) is 49.6 Å². The molecule has 0 atom stereocenters. The maximum atomic E-state index is 12.7. The van der Waals surface area contributed by atoms with Crippen molar-refractivity contribution in [1.29, 1.82) is 5.26 Å². The maximum Gasteiger partial charge on any atom is 0.268 e. The molecule has 9 nitrogen and oxygen atoms in total. The average Bonchev–Trinajstić information content (AvgIpc) is 3.35. The van der Waals surface area contributed by atoms with Gasteiger partial charge in [0.15, 0.2) is 0 Å². The lowest BCUT2D eigenvalue weighted by Crippen LogP contribution is -2.13. The van der Waals surface area contributed by atoms with E-state index in [4.69, 9.17) is 4.74 Å². The summed E-state index contributed by atoms with van der Waals surface area (Å²) in [7, 11) is -1.99. The second-order valence-electron chi connectivity index (χ2n) is 8.04. The predicted molar refractivity (Wildman–Crippen MR) is 131 cm³/mol. The van der Waals surface area contributed by atoms with Crippen LogP contribution in [0.3, 0.4) is 0 Å². The minimum absolute atomic E-state index is 0.00957. The van der Waals surface area contributed by atoms with Gasteiger partial charge in [-0.1, -0.05) is 31.3 Å². The number of hydrogen-bond donors (Lipinski definition) is 1. The smallest absolute Gasteiger partial charge is 0.268 e. The summed E-state index contributed by atoms with van der Waals surface area (Å²) in [4.78, 5) is 12.7. The second-order valence-corrected chi connectivity index (χ2v) is 11.2. The molecule has 0 fully saturated rings. The van der Waals surface area contributed by atoms with E-state index >= 15 is 0 Å². The number of aromatic nitrogens is 3. The molecule has 0 bridgehead atoms. The van der Waals surface area contributed by atoms with Crippen molar-refractivity contribution in [2.75, 3.05) is 18.2 Å². The highest BCUT2D eigenvalue weighted by atomic mass is 32.2. The minimum atomic E-state index is -3.59. The first-order valence-electron chi connectivity index (χ1n) is 10.4. The number of ether oxygens (including phenoxy) is 1. The summed E-state index contributed by atoms with van der Waals surface area (Å²) in [5, 5.41) is 19.5. The summed E-state index contributed by atoms with van der Waals surface area (Å²) in [5.41, 5.74) is 3.20. The molecule has 0 saturated heterocycles. The van der Waals surface area contributed by atoms with Crippen LogP contribution in [0.25, 0.3) is 11.8 Å². The Morgan fingerprint density at radius 2 is 2.03 bits per heavy atom. The molecular formula is C23H25N5O4S2. The Kier molecular flexibility index (Phi) is 7.54. The van der Waals surface area contributed by atoms with Crippen LogP contribution in [-0.4, -0.2) is 42.0 Å². The molecule has 1 N–H and O–H groups in total. The van der Waals surface area contributed by atoms with Gasteiger partial charge in [0.25, 0.3) is 5.91 Å². The van der Waals surface area contributed by atoms with Gasteiger partial charge >= 0.3 is 0 Å². The van der Waals surface area contributed by atoms with E-state index in [1.165, 1.54) is 6.08 Å². The molecule has 2 heterocycles. The van der Waals surface area contributed by atoms with Gasteiger partial charge in [-0.25, -0.2) is 8.42 Å². The quantitative estimate of drug-likeness (QED) is 0.283. The Morgan fingerprint density at radius 3 is 2.68 bits per heavy atom. The topological polar surface area (TPSA) is 127 Å². The summed E-state index contributed by atoms with van der Waals surface area (Å²) < 4.78 is 31.8. The van der Waals surface area contributed by atoms with Crippen molar-refractivity contribution in [3.8, 4) is 17.5 Å². The van der Waals surface area contributed by atoms with Gasteiger partial charge in [0.05, 0.1) is 12.9 Å². The van der Waals surface area contributed by atoms with E-state index in [0.717, 1.165) is 28.4 Å². The second kappa shape index (κ2) is 10.2.